The minimum absolute atomic E-state index is 0.0567. The molecule has 0 aliphatic carbocycles. The number of aromatic nitrogens is 2. The minimum Gasteiger partial charge on any atom is -0.395 e. The molecule has 0 aliphatic rings. The Balaban J connectivity index is 3.24. The molecule has 1 aromatic heterocycles. The molecule has 1 aromatic rings. The molecule has 0 saturated heterocycles. The summed E-state index contributed by atoms with van der Waals surface area (Å²) in [6.45, 7) is 1.96. The molecule has 0 bridgehead atoms. The van der Waals surface area contributed by atoms with E-state index in [1.165, 1.54) is 10.8 Å². The second-order valence-corrected chi connectivity index (χ2v) is 3.19. The van der Waals surface area contributed by atoms with Crippen molar-refractivity contribution in [1.29, 1.82) is 0 Å². The predicted octanol–water partition coefficient (Wildman–Crippen LogP) is 0.307. The second kappa shape index (κ2) is 3.82. The molecule has 0 saturated carbocycles. The normalized spacial score (nSPS) is 10.2. The Morgan fingerprint density at radius 3 is 3.00 bits per heavy atom. The van der Waals surface area contributed by atoms with E-state index in [0.717, 1.165) is 0 Å². The third-order valence-corrected chi connectivity index (χ3v) is 2.07. The van der Waals surface area contributed by atoms with Crippen LogP contribution < -0.4 is 5.56 Å². The summed E-state index contributed by atoms with van der Waals surface area (Å²) in [6.07, 6.45) is 1.46. The van der Waals surface area contributed by atoms with Gasteiger partial charge in [0.1, 0.15) is 10.3 Å². The molecule has 1 N–H and O–H groups in total. The number of rotatable bonds is 2. The van der Waals surface area contributed by atoms with Crippen LogP contribution in [-0.2, 0) is 6.54 Å². The number of aliphatic hydroxyl groups is 1. The zero-order valence-electron chi connectivity index (χ0n) is 6.62. The minimum atomic E-state index is -0.156. The van der Waals surface area contributed by atoms with Crippen LogP contribution in [0.15, 0.2) is 15.5 Å². The van der Waals surface area contributed by atoms with Crippen LogP contribution >= 0.6 is 15.9 Å². The fraction of sp³-hybridized carbons (Fsp3) is 0.429. The van der Waals surface area contributed by atoms with Gasteiger partial charge in [-0.25, -0.2) is 4.98 Å². The van der Waals surface area contributed by atoms with Gasteiger partial charge in [0.05, 0.1) is 13.2 Å². The van der Waals surface area contributed by atoms with Crippen molar-refractivity contribution < 1.29 is 5.11 Å². The first kappa shape index (κ1) is 9.41. The quantitative estimate of drug-likeness (QED) is 0.799. The fourth-order valence-corrected chi connectivity index (χ4v) is 1.23. The van der Waals surface area contributed by atoms with Crippen molar-refractivity contribution in [2.24, 2.45) is 0 Å². The van der Waals surface area contributed by atoms with E-state index < -0.39 is 0 Å². The Morgan fingerprint density at radius 2 is 2.42 bits per heavy atom. The highest BCUT2D eigenvalue weighted by atomic mass is 79.9. The van der Waals surface area contributed by atoms with Gasteiger partial charge in [0.25, 0.3) is 5.56 Å². The molecule has 1 rings (SSSR count). The summed E-state index contributed by atoms with van der Waals surface area (Å²) in [5, 5.41) is 8.66. The van der Waals surface area contributed by atoms with Crippen LogP contribution in [0.25, 0.3) is 0 Å². The van der Waals surface area contributed by atoms with E-state index in [0.29, 0.717) is 10.3 Å². The van der Waals surface area contributed by atoms with Gasteiger partial charge in [0.2, 0.25) is 0 Å². The Morgan fingerprint density at radius 1 is 1.75 bits per heavy atom. The summed E-state index contributed by atoms with van der Waals surface area (Å²) in [7, 11) is 0. The smallest absolute Gasteiger partial charge is 0.267 e. The van der Waals surface area contributed by atoms with Crippen molar-refractivity contribution in [2.75, 3.05) is 6.61 Å². The number of hydrogen-bond donors (Lipinski definition) is 1. The number of hydrogen-bond acceptors (Lipinski definition) is 3. The zero-order valence-corrected chi connectivity index (χ0v) is 8.21. The lowest BCUT2D eigenvalue weighted by atomic mass is 10.5. The van der Waals surface area contributed by atoms with Crippen molar-refractivity contribution in [3.63, 3.8) is 0 Å². The molecular weight excluding hydrogens is 224 g/mol. The Bertz CT molecular complexity index is 335. The molecule has 1 heterocycles. The molecule has 0 radical (unpaired) electrons. The largest absolute Gasteiger partial charge is 0.395 e. The third kappa shape index (κ3) is 1.73. The summed E-state index contributed by atoms with van der Waals surface area (Å²) in [5.74, 6) is 0.609. The van der Waals surface area contributed by atoms with Gasteiger partial charge >= 0.3 is 0 Å². The maximum absolute atomic E-state index is 11.3. The van der Waals surface area contributed by atoms with E-state index in [9.17, 15) is 4.79 Å². The highest BCUT2D eigenvalue weighted by Crippen LogP contribution is 2.00. The van der Waals surface area contributed by atoms with E-state index in [2.05, 4.69) is 20.9 Å². The molecule has 0 aliphatic heterocycles. The summed E-state index contributed by atoms with van der Waals surface area (Å²) in [6, 6.07) is 0. The van der Waals surface area contributed by atoms with Gasteiger partial charge in [-0.2, -0.15) is 0 Å². The van der Waals surface area contributed by atoms with Gasteiger partial charge in [-0.05, 0) is 22.9 Å². The fourth-order valence-electron chi connectivity index (χ4n) is 0.914. The standard InChI is InChI=1S/C7H9BrN2O2/c1-5-9-4-6(8)7(12)10(5)2-3-11/h4,11H,2-3H2,1H3. The lowest BCUT2D eigenvalue weighted by Crippen LogP contribution is -2.25. The van der Waals surface area contributed by atoms with E-state index in [4.69, 9.17) is 5.11 Å². The first-order chi connectivity index (χ1) is 5.66. The molecule has 0 amide bonds. The Hall–Kier alpha value is -0.680. The average Bonchev–Trinajstić information content (AvgIpc) is 2.06. The molecule has 0 spiro atoms. The van der Waals surface area contributed by atoms with E-state index in [1.807, 2.05) is 0 Å². The average molecular weight is 233 g/mol. The lowest BCUT2D eigenvalue weighted by molar-refractivity contribution is 0.272. The highest BCUT2D eigenvalue weighted by molar-refractivity contribution is 9.10. The molecule has 0 atom stereocenters. The van der Waals surface area contributed by atoms with Gasteiger partial charge < -0.3 is 5.11 Å². The topological polar surface area (TPSA) is 55.1 Å². The Labute approximate surface area is 78.0 Å². The number of aliphatic hydroxyl groups excluding tert-OH is 1. The molecule has 0 unspecified atom stereocenters. The van der Waals surface area contributed by atoms with E-state index in [1.54, 1.807) is 6.92 Å². The van der Waals surface area contributed by atoms with Crippen molar-refractivity contribution in [3.05, 3.63) is 26.8 Å². The van der Waals surface area contributed by atoms with Crippen LogP contribution in [0.5, 0.6) is 0 Å². The van der Waals surface area contributed by atoms with Gasteiger partial charge in [0, 0.05) is 6.20 Å². The lowest BCUT2D eigenvalue weighted by Gasteiger charge is -2.06. The number of halogens is 1. The first-order valence-corrected chi connectivity index (χ1v) is 4.29. The van der Waals surface area contributed by atoms with Crippen LogP contribution in [-0.4, -0.2) is 21.3 Å². The second-order valence-electron chi connectivity index (χ2n) is 2.33. The van der Waals surface area contributed by atoms with Crippen LogP contribution in [0.3, 0.4) is 0 Å². The molecule has 4 nitrogen and oxygen atoms in total. The van der Waals surface area contributed by atoms with Gasteiger partial charge in [-0.15, -0.1) is 0 Å². The van der Waals surface area contributed by atoms with E-state index in [-0.39, 0.29) is 18.7 Å². The molecule has 66 valence electrons. The third-order valence-electron chi connectivity index (χ3n) is 1.53. The highest BCUT2D eigenvalue weighted by Gasteiger charge is 2.03. The van der Waals surface area contributed by atoms with Crippen molar-refractivity contribution in [2.45, 2.75) is 13.5 Å². The van der Waals surface area contributed by atoms with Gasteiger partial charge in [-0.3, -0.25) is 9.36 Å². The summed E-state index contributed by atoms with van der Waals surface area (Å²) >= 11 is 3.07. The van der Waals surface area contributed by atoms with Crippen LogP contribution in [0.1, 0.15) is 5.82 Å². The SMILES string of the molecule is Cc1ncc(Br)c(=O)n1CCO. The molecular formula is C7H9BrN2O2. The van der Waals surface area contributed by atoms with E-state index >= 15 is 0 Å². The predicted molar refractivity (Wildman–Crippen MR) is 48.0 cm³/mol. The zero-order chi connectivity index (χ0) is 9.14. The summed E-state index contributed by atoms with van der Waals surface area (Å²) in [5.41, 5.74) is -0.156. The van der Waals surface area contributed by atoms with Crippen molar-refractivity contribution >= 4 is 15.9 Å². The first-order valence-electron chi connectivity index (χ1n) is 3.49. The van der Waals surface area contributed by atoms with Crippen molar-refractivity contribution in [1.82, 2.24) is 9.55 Å². The van der Waals surface area contributed by atoms with Gasteiger partial charge in [-0.1, -0.05) is 0 Å². The van der Waals surface area contributed by atoms with Crippen LogP contribution in [0.2, 0.25) is 0 Å². The molecule has 12 heavy (non-hydrogen) atoms. The maximum Gasteiger partial charge on any atom is 0.267 e. The maximum atomic E-state index is 11.3. The molecule has 5 heteroatoms. The van der Waals surface area contributed by atoms with Crippen LogP contribution in [0, 0.1) is 6.92 Å². The number of aryl methyl sites for hydroxylation is 1. The van der Waals surface area contributed by atoms with Crippen molar-refractivity contribution in [3.8, 4) is 0 Å². The molecule has 0 aromatic carbocycles. The number of nitrogens with zero attached hydrogens (tertiary/aromatic N) is 2. The monoisotopic (exact) mass is 232 g/mol. The van der Waals surface area contributed by atoms with Gasteiger partial charge in [0.15, 0.2) is 0 Å². The Kier molecular flexibility index (Phi) is 2.99. The molecule has 0 fully saturated rings. The van der Waals surface area contributed by atoms with Crippen LogP contribution in [0.4, 0.5) is 0 Å². The summed E-state index contributed by atoms with van der Waals surface area (Å²) < 4.78 is 1.84. The summed E-state index contributed by atoms with van der Waals surface area (Å²) in [4.78, 5) is 15.3.